The van der Waals surface area contributed by atoms with E-state index in [1.165, 1.54) is 6.07 Å². The maximum absolute atomic E-state index is 15.5. The van der Waals surface area contributed by atoms with Crippen molar-refractivity contribution in [3.05, 3.63) is 82.6 Å². The molecule has 16 heteroatoms. The van der Waals surface area contributed by atoms with Crippen molar-refractivity contribution in [2.45, 2.75) is 64.1 Å². The molecule has 5 aliphatic heterocycles. The number of methoxy groups -OCH3 is 1. The van der Waals surface area contributed by atoms with E-state index in [1.807, 2.05) is 40.3 Å². The van der Waals surface area contributed by atoms with Crippen molar-refractivity contribution in [1.29, 1.82) is 0 Å². The zero-order valence-corrected chi connectivity index (χ0v) is 34.2. The van der Waals surface area contributed by atoms with Crippen molar-refractivity contribution in [3.8, 4) is 5.75 Å². The molecule has 5 amide bonds. The van der Waals surface area contributed by atoms with Gasteiger partial charge < -0.3 is 24.3 Å². The molecule has 0 aliphatic carbocycles. The van der Waals surface area contributed by atoms with Gasteiger partial charge in [0.15, 0.2) is 0 Å². The van der Waals surface area contributed by atoms with Gasteiger partial charge >= 0.3 is 0 Å². The standard InChI is InChI=1S/C44H50FN9O6/c1-27-25-53(28(2)24-52(27)31-6-7-35(46-3)38(20-31)60-4)41(56)19-30-5-9-39(47-23-30)51-13-11-29(12-14-51)26-49-15-17-50(18-16-49)37-22-33-32(21-34(37)45)43(58)54(44(33)59)36-8-10-40(55)48-42(36)57/h5-7,9,20-23,27-29,36H,8,10-19,24-26H2,1-2,4H3,(H,48,55,57)/t27-,28+,36?/m0/s1. The Labute approximate surface area is 348 Å². The largest absolute Gasteiger partial charge is 0.508 e. The second-order valence-corrected chi connectivity index (χ2v) is 16.6. The fraction of sp³-hybridized carbons (Fsp3) is 0.477. The predicted molar refractivity (Wildman–Crippen MR) is 222 cm³/mol. The van der Waals surface area contributed by atoms with Crippen LogP contribution in [0.4, 0.5) is 27.3 Å². The maximum Gasteiger partial charge on any atom is 0.262 e. The van der Waals surface area contributed by atoms with Gasteiger partial charge in [-0.25, -0.2) is 14.2 Å². The summed E-state index contributed by atoms with van der Waals surface area (Å²) in [6.07, 6.45) is 4.19. The van der Waals surface area contributed by atoms with Crippen LogP contribution in [0, 0.1) is 18.3 Å². The average molecular weight is 820 g/mol. The number of amides is 5. The summed E-state index contributed by atoms with van der Waals surface area (Å²) in [7, 11) is 1.57. The van der Waals surface area contributed by atoms with Crippen LogP contribution in [0.1, 0.15) is 65.8 Å². The van der Waals surface area contributed by atoms with Gasteiger partial charge in [0.05, 0.1) is 36.9 Å². The third kappa shape index (κ3) is 7.98. The number of imide groups is 2. The zero-order valence-electron chi connectivity index (χ0n) is 34.2. The lowest BCUT2D eigenvalue weighted by Gasteiger charge is -2.45. The number of anilines is 3. The fourth-order valence-electron chi connectivity index (χ4n) is 9.36. The number of hydrogen-bond acceptors (Lipinski definition) is 11. The third-order valence-corrected chi connectivity index (χ3v) is 12.8. The number of benzene rings is 2. The first-order valence-corrected chi connectivity index (χ1v) is 20.8. The summed E-state index contributed by atoms with van der Waals surface area (Å²) in [5.41, 5.74) is 2.61. The summed E-state index contributed by atoms with van der Waals surface area (Å²) in [4.78, 5) is 84.0. The van der Waals surface area contributed by atoms with Crippen LogP contribution < -0.4 is 24.8 Å². The molecule has 0 bridgehead atoms. The molecule has 1 aromatic heterocycles. The molecule has 15 nitrogen and oxygen atoms in total. The summed E-state index contributed by atoms with van der Waals surface area (Å²) >= 11 is 0. The highest BCUT2D eigenvalue weighted by atomic mass is 19.1. The summed E-state index contributed by atoms with van der Waals surface area (Å²) < 4.78 is 20.9. The van der Waals surface area contributed by atoms with Crippen molar-refractivity contribution in [3.63, 3.8) is 0 Å². The summed E-state index contributed by atoms with van der Waals surface area (Å²) in [5, 5.41) is 2.18. The van der Waals surface area contributed by atoms with Gasteiger partial charge in [-0.2, -0.15) is 0 Å². The third-order valence-electron chi connectivity index (χ3n) is 12.8. The summed E-state index contributed by atoms with van der Waals surface area (Å²) in [5.74, 6) is -1.06. The first-order valence-electron chi connectivity index (χ1n) is 20.8. The second kappa shape index (κ2) is 16.9. The van der Waals surface area contributed by atoms with E-state index in [4.69, 9.17) is 16.3 Å². The highest BCUT2D eigenvalue weighted by Gasteiger charge is 2.45. The van der Waals surface area contributed by atoms with E-state index in [9.17, 15) is 24.0 Å². The van der Waals surface area contributed by atoms with Gasteiger partial charge in [-0.05, 0) is 74.9 Å². The van der Waals surface area contributed by atoms with Crippen molar-refractivity contribution in [1.82, 2.24) is 25.0 Å². The first-order chi connectivity index (χ1) is 28.9. The van der Waals surface area contributed by atoms with Gasteiger partial charge in [-0.15, -0.1) is 0 Å². The van der Waals surface area contributed by atoms with Crippen LogP contribution in [0.2, 0.25) is 0 Å². The van der Waals surface area contributed by atoms with E-state index in [0.717, 1.165) is 73.6 Å². The van der Waals surface area contributed by atoms with Crippen LogP contribution in [0.3, 0.4) is 0 Å². The highest BCUT2D eigenvalue weighted by Crippen LogP contribution is 2.35. The molecule has 0 radical (unpaired) electrons. The van der Waals surface area contributed by atoms with Crippen LogP contribution in [0.15, 0.2) is 48.7 Å². The number of ether oxygens (including phenoxy) is 1. The molecule has 3 atom stereocenters. The average Bonchev–Trinajstić information content (AvgIpc) is 3.48. The highest BCUT2D eigenvalue weighted by molar-refractivity contribution is 6.23. The number of carbonyl (C=O) groups excluding carboxylic acids is 5. The topological polar surface area (TPSA) is 143 Å². The van der Waals surface area contributed by atoms with Crippen LogP contribution in [0.5, 0.6) is 5.75 Å². The monoisotopic (exact) mass is 819 g/mol. The normalized spacial score (nSPS) is 22.9. The number of piperidine rings is 2. The molecule has 1 unspecified atom stereocenters. The van der Waals surface area contributed by atoms with E-state index in [-0.39, 0.29) is 54.1 Å². The van der Waals surface area contributed by atoms with Crippen LogP contribution in [-0.2, 0) is 20.8 Å². The summed E-state index contributed by atoms with van der Waals surface area (Å²) in [6, 6.07) is 11.2. The van der Waals surface area contributed by atoms with E-state index in [1.54, 1.807) is 13.2 Å². The van der Waals surface area contributed by atoms with Gasteiger partial charge in [0.2, 0.25) is 23.4 Å². The number of aromatic nitrogens is 1. The van der Waals surface area contributed by atoms with E-state index >= 15 is 4.39 Å². The second-order valence-electron chi connectivity index (χ2n) is 16.6. The molecule has 0 saturated carbocycles. The molecule has 314 valence electrons. The van der Waals surface area contributed by atoms with E-state index in [2.05, 4.69) is 38.7 Å². The number of fused-ring (bicyclic) bond motifs is 1. The number of nitrogens with zero attached hydrogens (tertiary/aromatic N) is 8. The molecule has 2 aromatic carbocycles. The predicted octanol–water partition coefficient (Wildman–Crippen LogP) is 3.89. The lowest BCUT2D eigenvalue weighted by molar-refractivity contribution is -0.136. The molecule has 4 saturated heterocycles. The van der Waals surface area contributed by atoms with Crippen LogP contribution in [-0.4, -0.2) is 133 Å². The smallest absolute Gasteiger partial charge is 0.262 e. The van der Waals surface area contributed by atoms with Gasteiger partial charge in [-0.3, -0.25) is 39.1 Å². The van der Waals surface area contributed by atoms with Crippen molar-refractivity contribution >= 4 is 52.4 Å². The molecular formula is C44H50FN9O6. The minimum Gasteiger partial charge on any atom is -0.508 e. The number of halogens is 1. The Bertz CT molecular complexity index is 2230. The molecule has 6 heterocycles. The van der Waals surface area contributed by atoms with Gasteiger partial charge in [0.1, 0.15) is 23.4 Å². The quantitative estimate of drug-likeness (QED) is 0.248. The van der Waals surface area contributed by atoms with E-state index in [0.29, 0.717) is 43.5 Å². The lowest BCUT2D eigenvalue weighted by atomic mass is 9.95. The molecule has 1 N–H and O–H groups in total. The SMILES string of the molecule is [C-]#[N+]c1ccc(N2C[C@@H](C)N(C(=O)Cc3ccc(N4CCC(CN5CCN(c6cc7c(cc6F)C(=O)N(C6CCC(=O)NC6=O)C7=O)CC5)CC4)nc3)C[C@@H]2C)cc1OC. The molecule has 4 fully saturated rings. The Morgan fingerprint density at radius 3 is 2.30 bits per heavy atom. The first kappa shape index (κ1) is 40.7. The van der Waals surface area contributed by atoms with Gasteiger partial charge in [0, 0.05) is 89.3 Å². The molecule has 60 heavy (non-hydrogen) atoms. The Hall–Kier alpha value is -6.08. The Morgan fingerprint density at radius 2 is 1.63 bits per heavy atom. The summed E-state index contributed by atoms with van der Waals surface area (Å²) in [6.45, 7) is 18.1. The molecular weight excluding hydrogens is 770 g/mol. The van der Waals surface area contributed by atoms with Crippen LogP contribution >= 0.6 is 0 Å². The fourth-order valence-corrected chi connectivity index (χ4v) is 9.36. The number of rotatable bonds is 9. The molecule has 3 aromatic rings. The Balaban J connectivity index is 0.788. The van der Waals surface area contributed by atoms with Crippen molar-refractivity contribution in [2.24, 2.45) is 5.92 Å². The molecule has 8 rings (SSSR count). The minimum absolute atomic E-state index is 0.00647. The number of hydrogen-bond donors (Lipinski definition) is 1. The number of pyridine rings is 1. The Kier molecular flexibility index (Phi) is 11.4. The molecule has 0 spiro atoms. The molecule has 5 aliphatic rings. The van der Waals surface area contributed by atoms with Crippen molar-refractivity contribution < 1.29 is 33.1 Å². The Morgan fingerprint density at radius 1 is 0.900 bits per heavy atom. The number of piperazine rings is 2. The number of carbonyl (C=O) groups is 5. The zero-order chi connectivity index (χ0) is 42.2. The van der Waals surface area contributed by atoms with Crippen LogP contribution in [0.25, 0.3) is 4.85 Å². The van der Waals surface area contributed by atoms with Crippen molar-refractivity contribution in [2.75, 3.05) is 80.7 Å². The van der Waals surface area contributed by atoms with Gasteiger partial charge in [0.25, 0.3) is 11.8 Å². The lowest BCUT2D eigenvalue weighted by Crippen LogP contribution is -2.58. The maximum atomic E-state index is 15.5. The van der Waals surface area contributed by atoms with Gasteiger partial charge in [-0.1, -0.05) is 12.1 Å². The minimum atomic E-state index is -1.10. The van der Waals surface area contributed by atoms with E-state index < -0.39 is 35.5 Å². The number of nitrogens with one attached hydrogen (secondary N) is 1.